The van der Waals surface area contributed by atoms with Crippen LogP contribution in [0.3, 0.4) is 0 Å². The second kappa shape index (κ2) is 6.38. The molecule has 1 aromatic heterocycles. The number of carbonyl (C=O) groups excluding carboxylic acids is 2. The van der Waals surface area contributed by atoms with Gasteiger partial charge in [-0.1, -0.05) is 17.7 Å². The summed E-state index contributed by atoms with van der Waals surface area (Å²) >= 11 is 5.88. The summed E-state index contributed by atoms with van der Waals surface area (Å²) < 4.78 is 0. The summed E-state index contributed by atoms with van der Waals surface area (Å²) in [6, 6.07) is 9.99. The molecule has 1 aliphatic rings. The Bertz CT molecular complexity index is 729. The van der Waals surface area contributed by atoms with E-state index >= 15 is 0 Å². The molecule has 1 atom stereocenters. The highest BCUT2D eigenvalue weighted by molar-refractivity contribution is 6.30. The van der Waals surface area contributed by atoms with Crippen molar-refractivity contribution in [3.05, 3.63) is 53.2 Å². The molecule has 6 heteroatoms. The summed E-state index contributed by atoms with van der Waals surface area (Å²) in [5.74, 6) is 0.183. The van der Waals surface area contributed by atoms with E-state index in [1.807, 2.05) is 13.0 Å². The van der Waals surface area contributed by atoms with E-state index in [0.717, 1.165) is 5.56 Å². The molecule has 1 saturated heterocycles. The van der Waals surface area contributed by atoms with Crippen LogP contribution in [0.4, 0.5) is 11.5 Å². The molecule has 2 heterocycles. The minimum absolute atomic E-state index is 0.0654. The average molecular weight is 330 g/mol. The first kappa shape index (κ1) is 15.5. The number of halogens is 1. The lowest BCUT2D eigenvalue weighted by Crippen LogP contribution is -2.41. The number of aromatic nitrogens is 1. The van der Waals surface area contributed by atoms with Crippen LogP contribution in [-0.4, -0.2) is 22.8 Å². The molecule has 2 amide bonds. The van der Waals surface area contributed by atoms with Gasteiger partial charge >= 0.3 is 0 Å². The molecule has 0 spiro atoms. The number of carbonyl (C=O) groups is 2. The molecule has 1 fully saturated rings. The molecule has 2 aromatic rings. The van der Waals surface area contributed by atoms with E-state index in [-0.39, 0.29) is 11.8 Å². The van der Waals surface area contributed by atoms with Gasteiger partial charge in [-0.25, -0.2) is 4.98 Å². The Hall–Kier alpha value is -2.40. The predicted molar refractivity (Wildman–Crippen MR) is 89.6 cm³/mol. The minimum Gasteiger partial charge on any atom is -0.309 e. The number of hydrogen-bond acceptors (Lipinski definition) is 3. The number of pyridine rings is 1. The van der Waals surface area contributed by atoms with Gasteiger partial charge in [0.2, 0.25) is 11.8 Å². The molecule has 118 valence electrons. The van der Waals surface area contributed by atoms with E-state index < -0.39 is 6.04 Å². The highest BCUT2D eigenvalue weighted by Gasteiger charge is 2.37. The molecule has 1 unspecified atom stereocenters. The Labute approximate surface area is 139 Å². The third kappa shape index (κ3) is 3.35. The summed E-state index contributed by atoms with van der Waals surface area (Å²) in [6.07, 6.45) is 2.52. The van der Waals surface area contributed by atoms with Crippen molar-refractivity contribution in [1.29, 1.82) is 0 Å². The maximum Gasteiger partial charge on any atom is 0.248 e. The van der Waals surface area contributed by atoms with Crippen LogP contribution in [0.25, 0.3) is 0 Å². The quantitative estimate of drug-likeness (QED) is 0.940. The topological polar surface area (TPSA) is 62.3 Å². The fourth-order valence-corrected chi connectivity index (χ4v) is 2.73. The summed E-state index contributed by atoms with van der Waals surface area (Å²) in [7, 11) is 0. The van der Waals surface area contributed by atoms with Crippen molar-refractivity contribution in [3.8, 4) is 0 Å². The highest BCUT2D eigenvalue weighted by atomic mass is 35.5. The van der Waals surface area contributed by atoms with Gasteiger partial charge in [-0.15, -0.1) is 0 Å². The fourth-order valence-electron chi connectivity index (χ4n) is 2.61. The molecular formula is C17H16ClN3O2. The van der Waals surface area contributed by atoms with E-state index in [0.29, 0.717) is 29.4 Å². The van der Waals surface area contributed by atoms with Gasteiger partial charge in [0.15, 0.2) is 0 Å². The molecule has 0 aliphatic carbocycles. The monoisotopic (exact) mass is 329 g/mol. The Morgan fingerprint density at radius 2 is 2.00 bits per heavy atom. The molecule has 1 aromatic carbocycles. The third-order valence-electron chi connectivity index (χ3n) is 3.78. The second-order valence-corrected chi connectivity index (χ2v) is 5.94. The largest absolute Gasteiger partial charge is 0.309 e. The van der Waals surface area contributed by atoms with Crippen LogP contribution in [0.5, 0.6) is 0 Å². The summed E-state index contributed by atoms with van der Waals surface area (Å²) in [6.45, 7) is 1.93. The number of anilines is 2. The second-order valence-electron chi connectivity index (χ2n) is 5.50. The van der Waals surface area contributed by atoms with Crippen molar-refractivity contribution >= 4 is 34.9 Å². The van der Waals surface area contributed by atoms with E-state index in [2.05, 4.69) is 10.3 Å². The van der Waals surface area contributed by atoms with Crippen molar-refractivity contribution in [2.24, 2.45) is 0 Å². The zero-order valence-electron chi connectivity index (χ0n) is 12.6. The van der Waals surface area contributed by atoms with Crippen molar-refractivity contribution in [2.75, 3.05) is 10.2 Å². The van der Waals surface area contributed by atoms with Gasteiger partial charge < -0.3 is 5.32 Å². The minimum atomic E-state index is -0.535. The maximum absolute atomic E-state index is 12.5. The third-order valence-corrected chi connectivity index (χ3v) is 4.03. The van der Waals surface area contributed by atoms with E-state index in [9.17, 15) is 9.59 Å². The molecule has 1 N–H and O–H groups in total. The zero-order chi connectivity index (χ0) is 16.4. The van der Waals surface area contributed by atoms with E-state index in [1.54, 1.807) is 36.5 Å². The smallest absolute Gasteiger partial charge is 0.248 e. The first-order chi connectivity index (χ1) is 11.0. The summed E-state index contributed by atoms with van der Waals surface area (Å²) in [4.78, 5) is 30.4. The molecule has 1 aliphatic heterocycles. The SMILES string of the molecule is Cc1ccc(NC(=O)C2CCC(=O)N2c2ccc(Cl)cc2)nc1. The zero-order valence-corrected chi connectivity index (χ0v) is 13.4. The van der Waals surface area contributed by atoms with Crippen LogP contribution < -0.4 is 10.2 Å². The number of nitrogens with zero attached hydrogens (tertiary/aromatic N) is 2. The van der Waals surface area contributed by atoms with Crippen LogP contribution in [0.1, 0.15) is 18.4 Å². The first-order valence-corrected chi connectivity index (χ1v) is 7.73. The maximum atomic E-state index is 12.5. The van der Waals surface area contributed by atoms with Gasteiger partial charge in [0.25, 0.3) is 0 Å². The predicted octanol–water partition coefficient (Wildman–Crippen LogP) is 3.18. The molecule has 3 rings (SSSR count). The Balaban J connectivity index is 1.79. The Morgan fingerprint density at radius 3 is 2.65 bits per heavy atom. The van der Waals surface area contributed by atoms with Crippen LogP contribution >= 0.6 is 11.6 Å². The number of nitrogens with one attached hydrogen (secondary N) is 1. The standard InChI is InChI=1S/C17H16ClN3O2/c1-11-2-8-15(19-10-11)20-17(23)14-7-9-16(22)21(14)13-5-3-12(18)4-6-13/h2-6,8,10,14H,7,9H2,1H3,(H,19,20,23). The molecule has 5 nitrogen and oxygen atoms in total. The highest BCUT2D eigenvalue weighted by Crippen LogP contribution is 2.28. The van der Waals surface area contributed by atoms with Crippen molar-refractivity contribution in [3.63, 3.8) is 0 Å². The van der Waals surface area contributed by atoms with Crippen molar-refractivity contribution < 1.29 is 9.59 Å². The lowest BCUT2D eigenvalue weighted by atomic mass is 10.2. The van der Waals surface area contributed by atoms with Crippen molar-refractivity contribution in [1.82, 2.24) is 4.98 Å². The molecule has 0 radical (unpaired) electrons. The normalized spacial score (nSPS) is 17.4. The summed E-state index contributed by atoms with van der Waals surface area (Å²) in [5.41, 5.74) is 1.69. The van der Waals surface area contributed by atoms with Crippen LogP contribution in [-0.2, 0) is 9.59 Å². The van der Waals surface area contributed by atoms with Crippen LogP contribution in [0.2, 0.25) is 5.02 Å². The van der Waals surface area contributed by atoms with E-state index in [4.69, 9.17) is 11.6 Å². The average Bonchev–Trinajstić information content (AvgIpc) is 2.92. The van der Waals surface area contributed by atoms with Gasteiger partial charge in [-0.05, 0) is 49.2 Å². The Morgan fingerprint density at radius 1 is 1.26 bits per heavy atom. The van der Waals surface area contributed by atoms with Crippen molar-refractivity contribution in [2.45, 2.75) is 25.8 Å². The summed E-state index contributed by atoms with van der Waals surface area (Å²) in [5, 5.41) is 3.36. The number of benzene rings is 1. The molecular weight excluding hydrogens is 314 g/mol. The molecule has 0 bridgehead atoms. The van der Waals surface area contributed by atoms with Gasteiger partial charge in [-0.2, -0.15) is 0 Å². The molecule has 0 saturated carbocycles. The van der Waals surface area contributed by atoms with Gasteiger partial charge in [-0.3, -0.25) is 14.5 Å². The number of aryl methyl sites for hydroxylation is 1. The van der Waals surface area contributed by atoms with Crippen LogP contribution in [0.15, 0.2) is 42.6 Å². The Kier molecular flexibility index (Phi) is 4.30. The first-order valence-electron chi connectivity index (χ1n) is 7.36. The van der Waals surface area contributed by atoms with Gasteiger partial charge in [0, 0.05) is 23.3 Å². The molecule has 23 heavy (non-hydrogen) atoms. The number of hydrogen-bond donors (Lipinski definition) is 1. The van der Waals surface area contributed by atoms with E-state index in [1.165, 1.54) is 4.90 Å². The van der Waals surface area contributed by atoms with Gasteiger partial charge in [0.1, 0.15) is 11.9 Å². The van der Waals surface area contributed by atoms with Gasteiger partial charge in [0.05, 0.1) is 0 Å². The lowest BCUT2D eigenvalue weighted by Gasteiger charge is -2.24. The fraction of sp³-hybridized carbons (Fsp3) is 0.235. The number of amides is 2. The van der Waals surface area contributed by atoms with Crippen LogP contribution in [0, 0.1) is 6.92 Å². The number of rotatable bonds is 3. The lowest BCUT2D eigenvalue weighted by molar-refractivity contribution is -0.120.